The molecular formula is C7H5NO2S4. The van der Waals surface area contributed by atoms with Gasteiger partial charge in [0.05, 0.1) is 17.5 Å². The Kier molecular flexibility index (Phi) is 2.56. The van der Waals surface area contributed by atoms with Crippen LogP contribution in [-0.2, 0) is 4.74 Å². The second-order valence-electron chi connectivity index (χ2n) is 2.41. The van der Waals surface area contributed by atoms with E-state index in [1.807, 2.05) is 0 Å². The fourth-order valence-corrected chi connectivity index (χ4v) is 5.29. The van der Waals surface area contributed by atoms with Gasteiger partial charge in [0.15, 0.2) is 0 Å². The van der Waals surface area contributed by atoms with Crippen LogP contribution < -0.4 is 5.73 Å². The molecule has 74 valence electrons. The first-order chi connectivity index (χ1) is 6.63. The molecule has 7 heteroatoms. The normalized spacial score (nSPS) is 10.6. The predicted octanol–water partition coefficient (Wildman–Crippen LogP) is 3.12. The molecule has 2 aromatic rings. The molecule has 0 aliphatic carbocycles. The number of thiophene rings is 1. The van der Waals surface area contributed by atoms with Crippen molar-refractivity contribution in [2.75, 3.05) is 12.8 Å². The molecule has 14 heavy (non-hydrogen) atoms. The Bertz CT molecular complexity index is 550. The van der Waals surface area contributed by atoms with Crippen molar-refractivity contribution in [3.05, 3.63) is 8.01 Å². The summed E-state index contributed by atoms with van der Waals surface area (Å²) in [7, 11) is 1.34. The lowest BCUT2D eigenvalue weighted by Crippen LogP contribution is -2.01. The molecule has 0 bridgehead atoms. The lowest BCUT2D eigenvalue weighted by Gasteiger charge is -1.94. The number of carbonyl (C=O) groups is 1. The van der Waals surface area contributed by atoms with Crippen LogP contribution in [0.3, 0.4) is 0 Å². The molecular weight excluding hydrogens is 258 g/mol. The highest BCUT2D eigenvalue weighted by atomic mass is 32.2. The van der Waals surface area contributed by atoms with Gasteiger partial charge in [0.25, 0.3) is 0 Å². The van der Waals surface area contributed by atoms with Crippen molar-refractivity contribution in [2.24, 2.45) is 0 Å². The topological polar surface area (TPSA) is 52.3 Å². The molecule has 0 saturated heterocycles. The Morgan fingerprint density at radius 3 is 2.71 bits per heavy atom. The number of methoxy groups -OCH3 is 1. The minimum Gasteiger partial charge on any atom is -0.465 e. The summed E-state index contributed by atoms with van der Waals surface area (Å²) in [5.41, 5.74) is 6.30. The molecule has 0 fully saturated rings. The minimum absolute atomic E-state index is 0.381. The van der Waals surface area contributed by atoms with Gasteiger partial charge in [-0.05, 0) is 0 Å². The summed E-state index contributed by atoms with van der Waals surface area (Å²) in [6.07, 6.45) is 0. The fraction of sp³-hybridized carbons (Fsp3) is 0.143. The monoisotopic (exact) mass is 263 g/mol. The van der Waals surface area contributed by atoms with Crippen LogP contribution >= 0.6 is 46.2 Å². The third-order valence-corrected chi connectivity index (χ3v) is 5.69. The lowest BCUT2D eigenvalue weighted by molar-refractivity contribution is 0.0607. The number of nitrogen functional groups attached to an aromatic ring is 1. The van der Waals surface area contributed by atoms with Crippen molar-refractivity contribution in [1.82, 2.24) is 0 Å². The maximum absolute atomic E-state index is 11.3. The van der Waals surface area contributed by atoms with Gasteiger partial charge < -0.3 is 10.5 Å². The summed E-state index contributed by atoms with van der Waals surface area (Å²) in [5.74, 6) is -0.381. The highest BCUT2D eigenvalue weighted by Crippen LogP contribution is 2.41. The smallest absolute Gasteiger partial charge is 0.350 e. The Morgan fingerprint density at radius 1 is 1.43 bits per heavy atom. The first-order valence-electron chi connectivity index (χ1n) is 3.53. The van der Waals surface area contributed by atoms with E-state index in [1.165, 1.54) is 41.1 Å². The average Bonchev–Trinajstić information content (AvgIpc) is 2.64. The molecule has 0 aliphatic heterocycles. The summed E-state index contributed by atoms with van der Waals surface area (Å²) in [4.78, 5) is 11.8. The van der Waals surface area contributed by atoms with Gasteiger partial charge in [0.1, 0.15) is 12.0 Å². The van der Waals surface area contributed by atoms with Gasteiger partial charge in [-0.25, -0.2) is 4.79 Å². The number of anilines is 1. The second-order valence-corrected chi connectivity index (χ2v) is 6.91. The SMILES string of the molecule is COC(=O)c1sc2sc(=S)sc2c1N. The van der Waals surface area contributed by atoms with Gasteiger partial charge in [-0.3, -0.25) is 0 Å². The van der Waals surface area contributed by atoms with Gasteiger partial charge in [-0.1, -0.05) is 12.2 Å². The lowest BCUT2D eigenvalue weighted by atomic mass is 10.4. The molecule has 0 aromatic carbocycles. The molecule has 0 atom stereocenters. The van der Waals surface area contributed by atoms with E-state index in [9.17, 15) is 4.79 Å². The molecule has 2 N–H and O–H groups in total. The van der Waals surface area contributed by atoms with Crippen molar-refractivity contribution in [2.45, 2.75) is 0 Å². The Morgan fingerprint density at radius 2 is 2.14 bits per heavy atom. The number of rotatable bonds is 1. The van der Waals surface area contributed by atoms with Gasteiger partial charge >= 0.3 is 5.97 Å². The number of nitrogens with two attached hydrogens (primary N) is 1. The third-order valence-electron chi connectivity index (χ3n) is 1.60. The standard InChI is InChI=1S/C7H5NO2S4/c1-10-5(9)3-2(8)4-6(12-3)14-7(11)13-4/h8H2,1H3. The van der Waals surface area contributed by atoms with Gasteiger partial charge in [-0.2, -0.15) is 0 Å². The minimum atomic E-state index is -0.381. The van der Waals surface area contributed by atoms with Crippen molar-refractivity contribution in [3.63, 3.8) is 0 Å². The highest BCUT2D eigenvalue weighted by molar-refractivity contribution is 7.77. The number of carbonyl (C=O) groups excluding carboxylic acids is 1. The van der Waals surface area contributed by atoms with Crippen LogP contribution in [0.1, 0.15) is 9.67 Å². The zero-order chi connectivity index (χ0) is 10.3. The number of hydrogen-bond acceptors (Lipinski definition) is 7. The summed E-state index contributed by atoms with van der Waals surface area (Å²) < 4.78 is 7.35. The Hall–Kier alpha value is -0.500. The van der Waals surface area contributed by atoms with E-state index in [2.05, 4.69) is 4.74 Å². The molecule has 2 rings (SSSR count). The predicted molar refractivity (Wildman–Crippen MR) is 64.2 cm³/mol. The van der Waals surface area contributed by atoms with Crippen molar-refractivity contribution < 1.29 is 9.53 Å². The highest BCUT2D eigenvalue weighted by Gasteiger charge is 2.18. The van der Waals surface area contributed by atoms with Crippen LogP contribution in [0, 0.1) is 3.14 Å². The molecule has 0 aliphatic rings. The van der Waals surface area contributed by atoms with E-state index in [1.54, 1.807) is 0 Å². The zero-order valence-corrected chi connectivity index (χ0v) is 10.3. The van der Waals surface area contributed by atoms with E-state index < -0.39 is 0 Å². The molecule has 0 amide bonds. The summed E-state index contributed by atoms with van der Waals surface area (Å²) in [6, 6.07) is 0. The molecule has 0 radical (unpaired) electrons. The molecule has 3 nitrogen and oxygen atoms in total. The van der Waals surface area contributed by atoms with Crippen LogP contribution in [-0.4, -0.2) is 13.1 Å². The quantitative estimate of drug-likeness (QED) is 0.634. The van der Waals surface area contributed by atoms with Gasteiger partial charge in [0.2, 0.25) is 0 Å². The van der Waals surface area contributed by atoms with Crippen LogP contribution in [0.15, 0.2) is 0 Å². The summed E-state index contributed by atoms with van der Waals surface area (Å²) >= 11 is 9.29. The molecule has 0 spiro atoms. The summed E-state index contributed by atoms with van der Waals surface area (Å²) in [6.45, 7) is 0. The number of hydrogen-bond donors (Lipinski definition) is 1. The van der Waals surface area contributed by atoms with Gasteiger partial charge in [-0.15, -0.1) is 34.0 Å². The van der Waals surface area contributed by atoms with Crippen LogP contribution in [0.5, 0.6) is 0 Å². The van der Waals surface area contributed by atoms with Crippen molar-refractivity contribution in [1.29, 1.82) is 0 Å². The number of ether oxygens (including phenoxy) is 1. The van der Waals surface area contributed by atoms with Crippen LogP contribution in [0.4, 0.5) is 5.69 Å². The number of fused-ring (bicyclic) bond motifs is 1. The molecule has 0 unspecified atom stereocenters. The molecule has 0 saturated carbocycles. The van der Waals surface area contributed by atoms with E-state index in [0.29, 0.717) is 10.6 Å². The Labute approximate surface area is 96.7 Å². The Balaban J connectivity index is 2.70. The average molecular weight is 263 g/mol. The third kappa shape index (κ3) is 1.46. The van der Waals surface area contributed by atoms with Crippen LogP contribution in [0.2, 0.25) is 0 Å². The van der Waals surface area contributed by atoms with Crippen LogP contribution in [0.25, 0.3) is 8.71 Å². The second kappa shape index (κ2) is 3.58. The first kappa shape index (κ1) is 10.0. The summed E-state index contributed by atoms with van der Waals surface area (Å²) in [5, 5.41) is 0. The first-order valence-corrected chi connectivity index (χ1v) is 6.39. The molecule has 2 aromatic heterocycles. The number of esters is 1. The van der Waals surface area contributed by atoms with Crippen molar-refractivity contribution >= 4 is 66.6 Å². The fourth-order valence-electron chi connectivity index (χ4n) is 0.995. The zero-order valence-electron chi connectivity index (χ0n) is 7.03. The molecule has 2 heterocycles. The van der Waals surface area contributed by atoms with Crippen molar-refractivity contribution in [3.8, 4) is 0 Å². The van der Waals surface area contributed by atoms with E-state index in [-0.39, 0.29) is 5.97 Å². The maximum atomic E-state index is 11.3. The maximum Gasteiger partial charge on any atom is 0.350 e. The van der Waals surface area contributed by atoms with E-state index in [0.717, 1.165) is 11.9 Å². The largest absolute Gasteiger partial charge is 0.465 e. The van der Waals surface area contributed by atoms with E-state index in [4.69, 9.17) is 18.0 Å². The van der Waals surface area contributed by atoms with Gasteiger partial charge in [0, 0.05) is 0 Å². The van der Waals surface area contributed by atoms with E-state index >= 15 is 0 Å².